The van der Waals surface area contributed by atoms with Crippen LogP contribution < -0.4 is 4.74 Å². The summed E-state index contributed by atoms with van der Waals surface area (Å²) < 4.78 is 19.7. The number of rotatable bonds is 7. The second-order valence-corrected chi connectivity index (χ2v) is 6.29. The van der Waals surface area contributed by atoms with Crippen LogP contribution >= 0.6 is 11.6 Å². The molecule has 124 valence electrons. The fraction of sp³-hybridized carbons (Fsp3) is 0.316. The van der Waals surface area contributed by atoms with Gasteiger partial charge in [0.05, 0.1) is 11.6 Å². The summed E-state index contributed by atoms with van der Waals surface area (Å²) in [5.41, 5.74) is 1.15. The topological polar surface area (TPSA) is 36.3 Å². The molecule has 0 heterocycles. The van der Waals surface area contributed by atoms with Crippen LogP contribution in [0.2, 0.25) is 5.02 Å². The van der Waals surface area contributed by atoms with Gasteiger partial charge in [-0.3, -0.25) is 4.90 Å². The Labute approximate surface area is 146 Å². The Morgan fingerprint density at radius 1 is 1.21 bits per heavy atom. The number of ether oxygens (including phenoxy) is 1. The number of nitriles is 1. The van der Waals surface area contributed by atoms with Gasteiger partial charge in [0.1, 0.15) is 18.2 Å². The molecule has 0 aromatic heterocycles. The SMILES string of the molecule is N#Cc1ccc(OCCN(Cc2c(F)cccc2Cl)C2CC2)cc1. The van der Waals surface area contributed by atoms with Crippen molar-refractivity contribution in [2.45, 2.75) is 25.4 Å². The first-order chi connectivity index (χ1) is 11.7. The minimum Gasteiger partial charge on any atom is -0.492 e. The maximum atomic E-state index is 14.0. The fourth-order valence-electron chi connectivity index (χ4n) is 2.62. The molecule has 24 heavy (non-hydrogen) atoms. The quantitative estimate of drug-likeness (QED) is 0.747. The Morgan fingerprint density at radius 2 is 1.96 bits per heavy atom. The van der Waals surface area contributed by atoms with Crippen molar-refractivity contribution in [1.29, 1.82) is 5.26 Å². The van der Waals surface area contributed by atoms with E-state index in [-0.39, 0.29) is 5.82 Å². The normalized spacial score (nSPS) is 13.8. The molecular weight excluding hydrogens is 327 g/mol. The van der Waals surface area contributed by atoms with Gasteiger partial charge >= 0.3 is 0 Å². The van der Waals surface area contributed by atoms with E-state index in [2.05, 4.69) is 11.0 Å². The smallest absolute Gasteiger partial charge is 0.129 e. The first-order valence-corrected chi connectivity index (χ1v) is 8.35. The van der Waals surface area contributed by atoms with Gasteiger partial charge in [0.2, 0.25) is 0 Å². The summed E-state index contributed by atoms with van der Waals surface area (Å²) in [6, 6.07) is 14.4. The van der Waals surface area contributed by atoms with Crippen LogP contribution in [0.4, 0.5) is 4.39 Å². The zero-order valence-corrected chi connectivity index (χ0v) is 14.0. The highest BCUT2D eigenvalue weighted by Gasteiger charge is 2.29. The monoisotopic (exact) mass is 344 g/mol. The lowest BCUT2D eigenvalue weighted by Crippen LogP contribution is -2.30. The molecule has 1 saturated carbocycles. The molecular formula is C19H18ClFN2O. The Bertz CT molecular complexity index is 718. The van der Waals surface area contributed by atoms with Crippen LogP contribution in [-0.2, 0) is 6.54 Å². The van der Waals surface area contributed by atoms with Gasteiger partial charge in [0, 0.05) is 29.7 Å². The minimum absolute atomic E-state index is 0.263. The van der Waals surface area contributed by atoms with Crippen molar-refractivity contribution in [3.05, 3.63) is 64.4 Å². The van der Waals surface area contributed by atoms with Gasteiger partial charge in [0.25, 0.3) is 0 Å². The molecule has 0 unspecified atom stereocenters. The standard InChI is InChI=1S/C19H18ClFN2O/c20-18-2-1-3-19(21)17(18)13-23(15-6-7-15)10-11-24-16-8-4-14(12-22)5-9-16/h1-5,8-9,15H,6-7,10-11,13H2. The zero-order valence-electron chi connectivity index (χ0n) is 13.2. The fourth-order valence-corrected chi connectivity index (χ4v) is 2.85. The molecule has 0 amide bonds. The maximum absolute atomic E-state index is 14.0. The van der Waals surface area contributed by atoms with E-state index < -0.39 is 0 Å². The van der Waals surface area contributed by atoms with E-state index in [0.29, 0.717) is 41.9 Å². The number of halogens is 2. The van der Waals surface area contributed by atoms with Gasteiger partial charge in [-0.1, -0.05) is 17.7 Å². The van der Waals surface area contributed by atoms with E-state index in [1.54, 1.807) is 36.4 Å². The van der Waals surface area contributed by atoms with Crippen LogP contribution in [0, 0.1) is 17.1 Å². The van der Waals surface area contributed by atoms with Crippen molar-refractivity contribution in [3.63, 3.8) is 0 Å². The van der Waals surface area contributed by atoms with Crippen LogP contribution in [0.1, 0.15) is 24.0 Å². The van der Waals surface area contributed by atoms with Crippen LogP contribution in [-0.4, -0.2) is 24.1 Å². The van der Waals surface area contributed by atoms with E-state index in [1.165, 1.54) is 6.07 Å². The average Bonchev–Trinajstić information content (AvgIpc) is 3.42. The highest BCUT2D eigenvalue weighted by Crippen LogP contribution is 2.30. The second-order valence-electron chi connectivity index (χ2n) is 5.89. The van der Waals surface area contributed by atoms with Crippen molar-refractivity contribution in [1.82, 2.24) is 4.90 Å². The first-order valence-electron chi connectivity index (χ1n) is 7.97. The molecule has 3 nitrogen and oxygen atoms in total. The number of nitrogens with zero attached hydrogens (tertiary/aromatic N) is 2. The largest absolute Gasteiger partial charge is 0.492 e. The van der Waals surface area contributed by atoms with Gasteiger partial charge in [-0.05, 0) is 49.2 Å². The summed E-state index contributed by atoms with van der Waals surface area (Å²) in [6.07, 6.45) is 2.26. The summed E-state index contributed by atoms with van der Waals surface area (Å²) in [6.45, 7) is 1.71. The molecule has 0 N–H and O–H groups in total. The first kappa shape index (κ1) is 16.8. The molecule has 1 aliphatic carbocycles. The molecule has 0 atom stereocenters. The minimum atomic E-state index is -0.263. The molecule has 0 bridgehead atoms. The Kier molecular flexibility index (Phi) is 5.34. The third-order valence-electron chi connectivity index (χ3n) is 4.12. The molecule has 0 radical (unpaired) electrons. The molecule has 2 aromatic carbocycles. The highest BCUT2D eigenvalue weighted by molar-refractivity contribution is 6.31. The maximum Gasteiger partial charge on any atom is 0.129 e. The van der Waals surface area contributed by atoms with Gasteiger partial charge in [-0.2, -0.15) is 5.26 Å². The van der Waals surface area contributed by atoms with Crippen molar-refractivity contribution in [2.24, 2.45) is 0 Å². The van der Waals surface area contributed by atoms with E-state index in [1.807, 2.05) is 0 Å². The van der Waals surface area contributed by atoms with Crippen molar-refractivity contribution in [2.75, 3.05) is 13.2 Å². The third-order valence-corrected chi connectivity index (χ3v) is 4.47. The number of hydrogen-bond donors (Lipinski definition) is 0. The molecule has 1 aliphatic rings. The molecule has 3 rings (SSSR count). The van der Waals surface area contributed by atoms with E-state index in [9.17, 15) is 4.39 Å². The lowest BCUT2D eigenvalue weighted by molar-refractivity contribution is 0.193. The molecule has 0 aliphatic heterocycles. The van der Waals surface area contributed by atoms with Gasteiger partial charge in [0.15, 0.2) is 0 Å². The van der Waals surface area contributed by atoms with Crippen molar-refractivity contribution >= 4 is 11.6 Å². The predicted molar refractivity (Wildman–Crippen MR) is 91.5 cm³/mol. The molecule has 2 aromatic rings. The second kappa shape index (κ2) is 7.65. The number of hydrogen-bond acceptors (Lipinski definition) is 3. The summed E-state index contributed by atoms with van der Waals surface area (Å²) >= 11 is 6.13. The van der Waals surface area contributed by atoms with Crippen molar-refractivity contribution in [3.8, 4) is 11.8 Å². The Morgan fingerprint density at radius 3 is 2.58 bits per heavy atom. The van der Waals surface area contributed by atoms with Gasteiger partial charge < -0.3 is 4.74 Å². The van der Waals surface area contributed by atoms with Crippen LogP contribution in [0.25, 0.3) is 0 Å². The number of benzene rings is 2. The van der Waals surface area contributed by atoms with Crippen LogP contribution in [0.5, 0.6) is 5.75 Å². The molecule has 0 saturated heterocycles. The van der Waals surface area contributed by atoms with E-state index >= 15 is 0 Å². The highest BCUT2D eigenvalue weighted by atomic mass is 35.5. The Balaban J connectivity index is 1.57. The Hall–Kier alpha value is -2.09. The van der Waals surface area contributed by atoms with Gasteiger partial charge in [-0.25, -0.2) is 4.39 Å². The van der Waals surface area contributed by atoms with Crippen LogP contribution in [0.15, 0.2) is 42.5 Å². The lowest BCUT2D eigenvalue weighted by atomic mass is 10.2. The average molecular weight is 345 g/mol. The van der Waals surface area contributed by atoms with E-state index in [0.717, 1.165) is 18.6 Å². The van der Waals surface area contributed by atoms with E-state index in [4.69, 9.17) is 21.6 Å². The van der Waals surface area contributed by atoms with Crippen molar-refractivity contribution < 1.29 is 9.13 Å². The third kappa shape index (κ3) is 4.25. The summed E-state index contributed by atoms with van der Waals surface area (Å²) in [7, 11) is 0. The summed E-state index contributed by atoms with van der Waals surface area (Å²) in [5, 5.41) is 9.26. The zero-order chi connectivity index (χ0) is 16.9. The van der Waals surface area contributed by atoms with Gasteiger partial charge in [-0.15, -0.1) is 0 Å². The molecule has 5 heteroatoms. The lowest BCUT2D eigenvalue weighted by Gasteiger charge is -2.23. The molecule has 1 fully saturated rings. The molecule has 0 spiro atoms. The summed E-state index contributed by atoms with van der Waals surface area (Å²) in [4.78, 5) is 2.22. The van der Waals surface area contributed by atoms with Crippen LogP contribution in [0.3, 0.4) is 0 Å². The predicted octanol–water partition coefficient (Wildman–Crippen LogP) is 4.39. The summed E-state index contributed by atoms with van der Waals surface area (Å²) in [5.74, 6) is 0.467.